The highest BCUT2D eigenvalue weighted by molar-refractivity contribution is 5.89. The summed E-state index contributed by atoms with van der Waals surface area (Å²) in [5.74, 6) is -1.22. The van der Waals surface area contributed by atoms with E-state index in [2.05, 4.69) is 10.5 Å². The third-order valence-electron chi connectivity index (χ3n) is 2.16. The van der Waals surface area contributed by atoms with Crippen LogP contribution in [0.3, 0.4) is 0 Å². The molecule has 0 aliphatic heterocycles. The molecule has 5 nitrogen and oxygen atoms in total. The van der Waals surface area contributed by atoms with Gasteiger partial charge in [-0.2, -0.15) is 0 Å². The van der Waals surface area contributed by atoms with Gasteiger partial charge in [-0.1, -0.05) is 5.16 Å². The zero-order chi connectivity index (χ0) is 11.7. The molecule has 2 rings (SSSR count). The molecule has 0 radical (unpaired) electrons. The average molecular weight is 224 g/mol. The molecule has 0 fully saturated rings. The Bertz CT molecular complexity index is 538. The van der Waals surface area contributed by atoms with Crippen molar-refractivity contribution >= 4 is 22.8 Å². The number of halogens is 1. The molecule has 2 N–H and O–H groups in total. The summed E-state index contributed by atoms with van der Waals surface area (Å²) < 4.78 is 17.9. The normalized spacial score (nSPS) is 12.6. The van der Waals surface area contributed by atoms with E-state index < -0.39 is 17.8 Å². The second-order valence-electron chi connectivity index (χ2n) is 3.38. The summed E-state index contributed by atoms with van der Waals surface area (Å²) in [5.41, 5.74) is 0.404. The monoisotopic (exact) mass is 224 g/mol. The fourth-order valence-electron chi connectivity index (χ4n) is 1.28. The third kappa shape index (κ3) is 1.81. The van der Waals surface area contributed by atoms with Crippen LogP contribution >= 0.6 is 0 Å². The van der Waals surface area contributed by atoms with Crippen molar-refractivity contribution in [1.29, 1.82) is 0 Å². The van der Waals surface area contributed by atoms with Gasteiger partial charge >= 0.3 is 5.97 Å². The highest BCUT2D eigenvalue weighted by Crippen LogP contribution is 2.23. The Morgan fingerprint density at radius 1 is 1.62 bits per heavy atom. The first-order valence-corrected chi connectivity index (χ1v) is 4.62. The van der Waals surface area contributed by atoms with Crippen LogP contribution in [0, 0.1) is 5.82 Å². The van der Waals surface area contributed by atoms with Crippen molar-refractivity contribution in [2.24, 2.45) is 0 Å². The quantitative estimate of drug-likeness (QED) is 0.832. The minimum absolute atomic E-state index is 0.226. The van der Waals surface area contributed by atoms with E-state index in [1.54, 1.807) is 0 Å². The zero-order valence-corrected chi connectivity index (χ0v) is 8.40. The number of carbonyl (C=O) groups is 1. The van der Waals surface area contributed by atoms with Crippen LogP contribution in [-0.4, -0.2) is 22.3 Å². The molecule has 0 saturated carbocycles. The van der Waals surface area contributed by atoms with E-state index in [1.807, 2.05) is 0 Å². The lowest BCUT2D eigenvalue weighted by Crippen LogP contribution is -2.25. The van der Waals surface area contributed by atoms with E-state index in [9.17, 15) is 9.18 Å². The van der Waals surface area contributed by atoms with Gasteiger partial charge in [0.1, 0.15) is 11.9 Å². The fraction of sp³-hybridized carbons (Fsp3) is 0.200. The van der Waals surface area contributed by atoms with Gasteiger partial charge in [0.05, 0.1) is 5.39 Å². The predicted molar refractivity (Wildman–Crippen MR) is 54.7 cm³/mol. The van der Waals surface area contributed by atoms with Crippen LogP contribution in [-0.2, 0) is 4.79 Å². The number of rotatable bonds is 3. The number of nitrogens with zero attached hydrogens (tertiary/aromatic N) is 1. The van der Waals surface area contributed by atoms with Crippen LogP contribution < -0.4 is 5.32 Å². The maximum Gasteiger partial charge on any atom is 0.325 e. The van der Waals surface area contributed by atoms with E-state index >= 15 is 0 Å². The molecule has 0 aliphatic carbocycles. The van der Waals surface area contributed by atoms with Gasteiger partial charge in [-0.05, 0) is 25.1 Å². The van der Waals surface area contributed by atoms with Crippen molar-refractivity contribution in [2.45, 2.75) is 13.0 Å². The highest BCUT2D eigenvalue weighted by Gasteiger charge is 2.15. The Kier molecular flexibility index (Phi) is 2.47. The molecule has 0 amide bonds. The van der Waals surface area contributed by atoms with Gasteiger partial charge in [-0.15, -0.1) is 0 Å². The number of nitrogens with one attached hydrogen (secondary N) is 1. The fourth-order valence-corrected chi connectivity index (χ4v) is 1.28. The lowest BCUT2D eigenvalue weighted by atomic mass is 10.2. The Hall–Kier alpha value is -2.11. The summed E-state index contributed by atoms with van der Waals surface area (Å²) in [4.78, 5) is 10.6. The molecule has 16 heavy (non-hydrogen) atoms. The molecular formula is C10H9FN2O3. The zero-order valence-electron chi connectivity index (χ0n) is 8.40. The van der Waals surface area contributed by atoms with Crippen molar-refractivity contribution in [3.8, 4) is 0 Å². The Morgan fingerprint density at radius 3 is 3.06 bits per heavy atom. The minimum atomic E-state index is -1.02. The van der Waals surface area contributed by atoms with Crippen LogP contribution in [0.2, 0.25) is 0 Å². The second-order valence-corrected chi connectivity index (χ2v) is 3.38. The molecule has 84 valence electrons. The first-order chi connectivity index (χ1) is 7.58. The molecule has 0 bridgehead atoms. The van der Waals surface area contributed by atoms with Crippen molar-refractivity contribution in [2.75, 3.05) is 5.32 Å². The van der Waals surface area contributed by atoms with Crippen LogP contribution in [0.25, 0.3) is 11.0 Å². The summed E-state index contributed by atoms with van der Waals surface area (Å²) >= 11 is 0. The maximum absolute atomic E-state index is 13.0. The van der Waals surface area contributed by atoms with Crippen molar-refractivity contribution in [3.05, 3.63) is 24.0 Å². The number of carboxylic acids is 1. The number of benzene rings is 1. The lowest BCUT2D eigenvalue weighted by molar-refractivity contribution is -0.137. The molecule has 2 aromatic rings. The minimum Gasteiger partial charge on any atom is -0.480 e. The van der Waals surface area contributed by atoms with Crippen molar-refractivity contribution in [3.63, 3.8) is 0 Å². The first-order valence-electron chi connectivity index (χ1n) is 4.62. The summed E-state index contributed by atoms with van der Waals surface area (Å²) in [6.45, 7) is 1.46. The number of hydrogen-bond donors (Lipinski definition) is 2. The number of hydrogen-bond acceptors (Lipinski definition) is 4. The van der Waals surface area contributed by atoms with Crippen molar-refractivity contribution in [1.82, 2.24) is 5.16 Å². The summed E-state index contributed by atoms with van der Waals surface area (Å²) in [6.07, 6.45) is 0. The molecule has 0 spiro atoms. The summed E-state index contributed by atoms with van der Waals surface area (Å²) in [7, 11) is 0. The van der Waals surface area contributed by atoms with Crippen LogP contribution in [0.15, 0.2) is 22.7 Å². The summed E-state index contributed by atoms with van der Waals surface area (Å²) in [5, 5.41) is 15.4. The molecule has 0 aliphatic rings. The molecule has 1 aromatic carbocycles. The standard InChI is InChI=1S/C10H9FN2O3/c1-5(10(14)15)12-9-7-4-6(11)2-3-8(7)16-13-9/h2-5H,1H3,(H,12,13)(H,14,15). The molecule has 1 heterocycles. The number of carboxylic acid groups (broad SMARTS) is 1. The van der Waals surface area contributed by atoms with E-state index in [1.165, 1.54) is 25.1 Å². The molecule has 1 atom stereocenters. The Balaban J connectivity index is 2.37. The van der Waals surface area contributed by atoms with Crippen LogP contribution in [0.4, 0.5) is 10.2 Å². The maximum atomic E-state index is 13.0. The number of aliphatic carboxylic acids is 1. The number of aromatic nitrogens is 1. The summed E-state index contributed by atoms with van der Waals surface area (Å²) in [6, 6.07) is 3.10. The predicted octanol–water partition coefficient (Wildman–Crippen LogP) is 1.85. The van der Waals surface area contributed by atoms with Crippen molar-refractivity contribution < 1.29 is 18.8 Å². The van der Waals surface area contributed by atoms with Gasteiger partial charge in [0.25, 0.3) is 0 Å². The Labute approximate surface area is 89.8 Å². The molecule has 1 aromatic heterocycles. The van der Waals surface area contributed by atoms with E-state index in [0.29, 0.717) is 11.0 Å². The average Bonchev–Trinajstić information content (AvgIpc) is 2.61. The largest absolute Gasteiger partial charge is 0.480 e. The van der Waals surface area contributed by atoms with Gasteiger partial charge in [-0.25, -0.2) is 4.39 Å². The number of anilines is 1. The van der Waals surface area contributed by atoms with Gasteiger partial charge in [0.15, 0.2) is 11.4 Å². The van der Waals surface area contributed by atoms with E-state index in [0.717, 1.165) is 0 Å². The molecular weight excluding hydrogens is 215 g/mol. The second kappa shape index (κ2) is 3.80. The van der Waals surface area contributed by atoms with E-state index in [4.69, 9.17) is 9.63 Å². The van der Waals surface area contributed by atoms with E-state index in [-0.39, 0.29) is 5.82 Å². The van der Waals surface area contributed by atoms with Gasteiger partial charge in [-0.3, -0.25) is 4.79 Å². The van der Waals surface area contributed by atoms with Gasteiger partial charge in [0, 0.05) is 0 Å². The topological polar surface area (TPSA) is 75.4 Å². The smallest absolute Gasteiger partial charge is 0.325 e. The SMILES string of the molecule is CC(Nc1noc2ccc(F)cc12)C(=O)O. The molecule has 6 heteroatoms. The van der Waals surface area contributed by atoms with Gasteiger partial charge < -0.3 is 14.9 Å². The molecule has 0 saturated heterocycles. The third-order valence-corrected chi connectivity index (χ3v) is 2.16. The highest BCUT2D eigenvalue weighted by atomic mass is 19.1. The lowest BCUT2D eigenvalue weighted by Gasteiger charge is -2.06. The number of fused-ring (bicyclic) bond motifs is 1. The Morgan fingerprint density at radius 2 is 2.38 bits per heavy atom. The van der Waals surface area contributed by atoms with Gasteiger partial charge in [0.2, 0.25) is 0 Å². The van der Waals surface area contributed by atoms with Crippen LogP contribution in [0.1, 0.15) is 6.92 Å². The first kappa shape index (κ1) is 10.4. The van der Waals surface area contributed by atoms with Crippen LogP contribution in [0.5, 0.6) is 0 Å². The molecule has 1 unspecified atom stereocenters.